The molecule has 1 aliphatic rings. The van der Waals surface area contributed by atoms with Crippen molar-refractivity contribution in [1.29, 1.82) is 0 Å². The molecule has 0 fully saturated rings. The average Bonchev–Trinajstić information content (AvgIpc) is 2.65. The lowest BCUT2D eigenvalue weighted by Crippen LogP contribution is -2.10. The van der Waals surface area contributed by atoms with Crippen LogP contribution < -0.4 is 10.6 Å². The number of aryl methyl sites for hydroxylation is 1. The van der Waals surface area contributed by atoms with Crippen molar-refractivity contribution < 1.29 is 4.92 Å². The molecule has 1 aromatic heterocycles. The third-order valence-corrected chi connectivity index (χ3v) is 4.81. The van der Waals surface area contributed by atoms with Crippen molar-refractivity contribution >= 4 is 34.6 Å². The lowest BCUT2D eigenvalue weighted by Gasteiger charge is -2.14. The van der Waals surface area contributed by atoms with Crippen molar-refractivity contribution in [2.24, 2.45) is 0 Å². The van der Waals surface area contributed by atoms with Gasteiger partial charge in [0.15, 0.2) is 0 Å². The molecule has 8 heteroatoms. The lowest BCUT2D eigenvalue weighted by atomic mass is 9.97. The van der Waals surface area contributed by atoms with Crippen LogP contribution in [-0.4, -0.2) is 21.4 Å². The zero-order valence-corrected chi connectivity index (χ0v) is 15.9. The molecule has 0 aliphatic heterocycles. The van der Waals surface area contributed by atoms with E-state index < -0.39 is 4.92 Å². The SMILES string of the molecule is Cc1cc(Cl)ccc1Nc1ncnc(NCCC2=CCCCC2)c1[N+](=O)[O-]. The Hall–Kier alpha value is -2.67. The molecule has 1 aliphatic carbocycles. The second-order valence-electron chi connectivity index (χ2n) is 6.55. The van der Waals surface area contributed by atoms with E-state index in [0.29, 0.717) is 17.3 Å². The first-order valence-electron chi connectivity index (χ1n) is 8.99. The molecule has 0 saturated heterocycles. The van der Waals surface area contributed by atoms with E-state index in [1.807, 2.05) is 6.92 Å². The Balaban J connectivity index is 1.77. The van der Waals surface area contributed by atoms with E-state index in [2.05, 4.69) is 26.7 Å². The molecule has 0 amide bonds. The molecule has 2 N–H and O–H groups in total. The van der Waals surface area contributed by atoms with Crippen LogP contribution in [0.4, 0.5) is 23.0 Å². The number of nitrogens with zero attached hydrogens (tertiary/aromatic N) is 3. The molecule has 3 rings (SSSR count). The van der Waals surface area contributed by atoms with Crippen LogP contribution in [0.15, 0.2) is 36.2 Å². The molecule has 0 unspecified atom stereocenters. The highest BCUT2D eigenvalue weighted by Crippen LogP contribution is 2.32. The number of hydrogen-bond acceptors (Lipinski definition) is 6. The maximum atomic E-state index is 11.6. The third kappa shape index (κ3) is 4.95. The molecule has 1 heterocycles. The van der Waals surface area contributed by atoms with Crippen LogP contribution in [0.5, 0.6) is 0 Å². The molecule has 142 valence electrons. The van der Waals surface area contributed by atoms with E-state index in [9.17, 15) is 10.1 Å². The van der Waals surface area contributed by atoms with Crippen molar-refractivity contribution in [3.8, 4) is 0 Å². The van der Waals surface area contributed by atoms with Gasteiger partial charge in [0, 0.05) is 17.3 Å². The molecular weight excluding hydrogens is 366 g/mol. The predicted molar refractivity (Wildman–Crippen MR) is 108 cm³/mol. The van der Waals surface area contributed by atoms with Crippen LogP contribution in [0.3, 0.4) is 0 Å². The standard InChI is InChI=1S/C19H22ClN5O2/c1-13-11-15(20)7-8-16(13)24-19-17(25(26)27)18(22-12-23-19)21-10-9-14-5-3-2-4-6-14/h5,7-8,11-12H,2-4,6,9-10H2,1H3,(H2,21,22,23,24). The van der Waals surface area contributed by atoms with E-state index in [1.165, 1.54) is 24.7 Å². The third-order valence-electron chi connectivity index (χ3n) is 4.57. The van der Waals surface area contributed by atoms with Gasteiger partial charge in [0.1, 0.15) is 6.33 Å². The second kappa shape index (κ2) is 8.81. The smallest absolute Gasteiger partial charge is 0.353 e. The molecule has 0 spiro atoms. The highest BCUT2D eigenvalue weighted by atomic mass is 35.5. The van der Waals surface area contributed by atoms with E-state index in [1.54, 1.807) is 18.2 Å². The van der Waals surface area contributed by atoms with Gasteiger partial charge in [-0.05, 0) is 62.8 Å². The summed E-state index contributed by atoms with van der Waals surface area (Å²) >= 11 is 5.97. The summed E-state index contributed by atoms with van der Waals surface area (Å²) in [6, 6.07) is 5.28. The lowest BCUT2D eigenvalue weighted by molar-refractivity contribution is -0.383. The van der Waals surface area contributed by atoms with Crippen molar-refractivity contribution in [3.63, 3.8) is 0 Å². The molecule has 1 aromatic carbocycles. The Kier molecular flexibility index (Phi) is 6.24. The monoisotopic (exact) mass is 387 g/mol. The Morgan fingerprint density at radius 1 is 1.26 bits per heavy atom. The number of nitro groups is 1. The fourth-order valence-electron chi connectivity index (χ4n) is 3.14. The number of allylic oxidation sites excluding steroid dienone is 1. The summed E-state index contributed by atoms with van der Waals surface area (Å²) < 4.78 is 0. The molecule has 2 aromatic rings. The van der Waals surface area contributed by atoms with Gasteiger partial charge in [-0.15, -0.1) is 0 Å². The van der Waals surface area contributed by atoms with Gasteiger partial charge in [0.05, 0.1) is 4.92 Å². The van der Waals surface area contributed by atoms with Gasteiger partial charge in [-0.3, -0.25) is 10.1 Å². The van der Waals surface area contributed by atoms with Crippen LogP contribution in [0.2, 0.25) is 5.02 Å². The van der Waals surface area contributed by atoms with E-state index >= 15 is 0 Å². The number of hydrogen-bond donors (Lipinski definition) is 2. The maximum Gasteiger partial charge on any atom is 0.353 e. The quantitative estimate of drug-likeness (QED) is 0.375. The Morgan fingerprint density at radius 3 is 2.78 bits per heavy atom. The number of rotatable bonds is 7. The first-order valence-corrected chi connectivity index (χ1v) is 9.36. The Bertz CT molecular complexity index is 869. The zero-order valence-electron chi connectivity index (χ0n) is 15.2. The summed E-state index contributed by atoms with van der Waals surface area (Å²) in [5.74, 6) is 0.375. The molecular formula is C19H22ClN5O2. The van der Waals surface area contributed by atoms with Gasteiger partial charge in [0.25, 0.3) is 0 Å². The fourth-order valence-corrected chi connectivity index (χ4v) is 3.37. The van der Waals surface area contributed by atoms with Crippen LogP contribution in [0.1, 0.15) is 37.7 Å². The van der Waals surface area contributed by atoms with Crippen LogP contribution >= 0.6 is 11.6 Å². The van der Waals surface area contributed by atoms with E-state index in [4.69, 9.17) is 11.6 Å². The summed E-state index contributed by atoms with van der Waals surface area (Å²) in [4.78, 5) is 19.3. The highest BCUT2D eigenvalue weighted by Gasteiger charge is 2.23. The summed E-state index contributed by atoms with van der Waals surface area (Å²) in [7, 11) is 0. The van der Waals surface area contributed by atoms with Crippen molar-refractivity contribution in [1.82, 2.24) is 9.97 Å². The molecule has 27 heavy (non-hydrogen) atoms. The fraction of sp³-hybridized carbons (Fsp3) is 0.368. The average molecular weight is 388 g/mol. The number of halogens is 1. The first kappa shape index (κ1) is 19.1. The maximum absolute atomic E-state index is 11.6. The summed E-state index contributed by atoms with van der Waals surface area (Å²) in [6.45, 7) is 2.47. The minimum atomic E-state index is -0.463. The Labute approximate surface area is 163 Å². The molecule has 0 radical (unpaired) electrons. The molecule has 0 bridgehead atoms. The van der Waals surface area contributed by atoms with E-state index in [0.717, 1.165) is 24.8 Å². The minimum absolute atomic E-state index is 0.153. The molecule has 7 nitrogen and oxygen atoms in total. The van der Waals surface area contributed by atoms with Gasteiger partial charge < -0.3 is 10.6 Å². The number of anilines is 3. The van der Waals surface area contributed by atoms with Gasteiger partial charge in [-0.1, -0.05) is 23.3 Å². The number of aromatic nitrogens is 2. The Morgan fingerprint density at radius 2 is 2.07 bits per heavy atom. The summed E-state index contributed by atoms with van der Waals surface area (Å²) in [5.41, 5.74) is 2.82. The van der Waals surface area contributed by atoms with Crippen LogP contribution in [0, 0.1) is 17.0 Å². The number of nitrogens with one attached hydrogen (secondary N) is 2. The zero-order chi connectivity index (χ0) is 19.2. The van der Waals surface area contributed by atoms with Gasteiger partial charge in [0.2, 0.25) is 11.6 Å². The van der Waals surface area contributed by atoms with Crippen molar-refractivity contribution in [2.75, 3.05) is 17.2 Å². The van der Waals surface area contributed by atoms with Crippen molar-refractivity contribution in [2.45, 2.75) is 39.0 Å². The minimum Gasteiger partial charge on any atom is -0.364 e. The summed E-state index contributed by atoms with van der Waals surface area (Å²) in [6.07, 6.45) is 9.15. The normalized spacial score (nSPS) is 13.8. The van der Waals surface area contributed by atoms with Crippen LogP contribution in [-0.2, 0) is 0 Å². The molecule has 0 saturated carbocycles. The van der Waals surface area contributed by atoms with Gasteiger partial charge in [-0.2, -0.15) is 0 Å². The van der Waals surface area contributed by atoms with Crippen molar-refractivity contribution in [3.05, 3.63) is 56.9 Å². The topological polar surface area (TPSA) is 93.0 Å². The van der Waals surface area contributed by atoms with E-state index in [-0.39, 0.29) is 17.3 Å². The van der Waals surface area contributed by atoms with Gasteiger partial charge >= 0.3 is 5.69 Å². The molecule has 0 atom stereocenters. The summed E-state index contributed by atoms with van der Waals surface area (Å²) in [5, 5.41) is 18.4. The largest absolute Gasteiger partial charge is 0.364 e. The number of benzene rings is 1. The van der Waals surface area contributed by atoms with Crippen LogP contribution in [0.25, 0.3) is 0 Å². The first-order chi connectivity index (χ1) is 13.0. The predicted octanol–water partition coefficient (Wildman–Crippen LogP) is 5.39. The second-order valence-corrected chi connectivity index (χ2v) is 6.98. The van der Waals surface area contributed by atoms with Gasteiger partial charge in [-0.25, -0.2) is 9.97 Å². The highest BCUT2D eigenvalue weighted by molar-refractivity contribution is 6.30.